The molecule has 4 aliphatic rings. The maximum Gasteiger partial charge on any atom is 0.0819 e. The van der Waals surface area contributed by atoms with Crippen LogP contribution in [-0.4, -0.2) is 11.2 Å². The molecule has 0 heterocycles. The summed E-state index contributed by atoms with van der Waals surface area (Å²) in [5.74, 6) is 3.99. The van der Waals surface area contributed by atoms with Gasteiger partial charge in [0, 0.05) is 5.41 Å². The predicted molar refractivity (Wildman–Crippen MR) is 119 cm³/mol. The van der Waals surface area contributed by atoms with Crippen LogP contribution in [0.2, 0.25) is 0 Å². The van der Waals surface area contributed by atoms with Gasteiger partial charge < -0.3 is 5.11 Å². The van der Waals surface area contributed by atoms with Crippen LogP contribution in [0.4, 0.5) is 0 Å². The second kappa shape index (κ2) is 7.60. The van der Waals surface area contributed by atoms with Crippen molar-refractivity contribution in [1.29, 1.82) is 0 Å². The number of allylic oxidation sites excluding steroid dienone is 1. The number of rotatable bonds is 7. The summed E-state index contributed by atoms with van der Waals surface area (Å²) < 4.78 is 0. The summed E-state index contributed by atoms with van der Waals surface area (Å²) in [6, 6.07) is 0. The largest absolute Gasteiger partial charge is 0.388 e. The van der Waals surface area contributed by atoms with Crippen molar-refractivity contribution in [2.45, 2.75) is 104 Å². The van der Waals surface area contributed by atoms with Gasteiger partial charge in [-0.05, 0) is 86.4 Å². The van der Waals surface area contributed by atoms with Gasteiger partial charge in [0.25, 0.3) is 0 Å². The molecule has 4 aliphatic carbocycles. The van der Waals surface area contributed by atoms with Crippen LogP contribution in [0.1, 0.15) is 98.3 Å². The Morgan fingerprint density at radius 2 is 1.93 bits per heavy atom. The van der Waals surface area contributed by atoms with E-state index in [0.29, 0.717) is 5.41 Å². The average molecular weight is 385 g/mol. The molecule has 1 nitrogen and oxygen atoms in total. The van der Waals surface area contributed by atoms with Crippen molar-refractivity contribution >= 4 is 0 Å². The second-order valence-electron chi connectivity index (χ2n) is 11.7. The molecular weight excluding hydrogens is 340 g/mol. The molecule has 158 valence electrons. The van der Waals surface area contributed by atoms with Crippen molar-refractivity contribution in [2.24, 2.45) is 40.4 Å². The molecule has 0 aromatic heterocycles. The van der Waals surface area contributed by atoms with Gasteiger partial charge in [-0.25, -0.2) is 0 Å². The summed E-state index contributed by atoms with van der Waals surface area (Å²) in [6.07, 6.45) is 16.5. The first kappa shape index (κ1) is 20.7. The molecule has 0 unspecified atom stereocenters. The SMILES string of the molecule is C=C1CC[C@@H]2C[C@]12[C@H](O)/C=C1\CCC[C@]2(C)[C@@H]([C@H](C)CCCC(C)C)CC[C@@H]12. The lowest BCUT2D eigenvalue weighted by Gasteiger charge is -2.45. The van der Waals surface area contributed by atoms with Crippen LogP contribution in [0.3, 0.4) is 0 Å². The van der Waals surface area contributed by atoms with Crippen LogP contribution in [0.5, 0.6) is 0 Å². The molecule has 1 heteroatoms. The molecule has 0 aliphatic heterocycles. The Morgan fingerprint density at radius 1 is 1.14 bits per heavy atom. The van der Waals surface area contributed by atoms with Gasteiger partial charge in [-0.2, -0.15) is 0 Å². The van der Waals surface area contributed by atoms with Crippen molar-refractivity contribution < 1.29 is 5.11 Å². The zero-order chi connectivity index (χ0) is 20.1. The quantitative estimate of drug-likeness (QED) is 0.456. The van der Waals surface area contributed by atoms with Gasteiger partial charge in [-0.3, -0.25) is 0 Å². The Bertz CT molecular complexity index is 630. The molecule has 4 fully saturated rings. The lowest BCUT2D eigenvalue weighted by molar-refractivity contribution is 0.0898. The fourth-order valence-electron chi connectivity index (χ4n) is 7.91. The van der Waals surface area contributed by atoms with Crippen molar-refractivity contribution in [2.75, 3.05) is 0 Å². The van der Waals surface area contributed by atoms with E-state index >= 15 is 0 Å². The molecule has 4 rings (SSSR count). The van der Waals surface area contributed by atoms with E-state index in [1.54, 1.807) is 5.57 Å². The molecule has 0 radical (unpaired) electrons. The van der Waals surface area contributed by atoms with Crippen molar-refractivity contribution in [3.05, 3.63) is 23.8 Å². The maximum absolute atomic E-state index is 11.2. The number of fused-ring (bicyclic) bond motifs is 2. The van der Waals surface area contributed by atoms with Crippen LogP contribution in [0.25, 0.3) is 0 Å². The summed E-state index contributed by atoms with van der Waals surface area (Å²) in [4.78, 5) is 0. The first-order valence-electron chi connectivity index (χ1n) is 12.4. The molecule has 0 bridgehead atoms. The summed E-state index contributed by atoms with van der Waals surface area (Å²) in [5, 5.41) is 11.2. The van der Waals surface area contributed by atoms with E-state index in [0.717, 1.165) is 36.0 Å². The van der Waals surface area contributed by atoms with E-state index in [4.69, 9.17) is 0 Å². The minimum Gasteiger partial charge on any atom is -0.388 e. The van der Waals surface area contributed by atoms with Gasteiger partial charge in [-0.15, -0.1) is 0 Å². The summed E-state index contributed by atoms with van der Waals surface area (Å²) >= 11 is 0. The van der Waals surface area contributed by atoms with Gasteiger partial charge in [0.1, 0.15) is 0 Å². The third kappa shape index (κ3) is 3.34. The molecular formula is C27H44O. The maximum atomic E-state index is 11.2. The van der Waals surface area contributed by atoms with Gasteiger partial charge in [0.2, 0.25) is 0 Å². The van der Waals surface area contributed by atoms with E-state index < -0.39 is 0 Å². The van der Waals surface area contributed by atoms with E-state index in [2.05, 4.69) is 40.3 Å². The molecule has 7 atom stereocenters. The highest BCUT2D eigenvalue weighted by Gasteiger charge is 2.63. The molecule has 1 N–H and O–H groups in total. The fourth-order valence-corrected chi connectivity index (χ4v) is 7.91. The molecule has 0 spiro atoms. The van der Waals surface area contributed by atoms with Crippen molar-refractivity contribution in [1.82, 2.24) is 0 Å². The predicted octanol–water partition coefficient (Wildman–Crippen LogP) is 7.31. The Balaban J connectivity index is 1.46. The highest BCUT2D eigenvalue weighted by Crippen LogP contribution is 2.68. The number of aliphatic hydroxyl groups is 1. The van der Waals surface area contributed by atoms with Gasteiger partial charge in [-0.1, -0.05) is 70.8 Å². The van der Waals surface area contributed by atoms with E-state index in [1.807, 2.05) is 0 Å². The number of hydrogen-bond donors (Lipinski definition) is 1. The highest BCUT2D eigenvalue weighted by molar-refractivity contribution is 5.34. The lowest BCUT2D eigenvalue weighted by atomic mass is 9.60. The summed E-state index contributed by atoms with van der Waals surface area (Å²) in [6.45, 7) is 14.2. The standard InChI is InChI=1S/C27H44O/c1-18(2)8-6-9-19(3)23-13-14-24-21(10-7-15-26(23,24)5)16-25(28)27-17-22(27)12-11-20(27)4/h16,18-19,22-25,28H,4,6-15,17H2,1-3,5H3/b21-16+/t19-,22-,23-,24+,25-,26-,27+/m1/s1. The molecule has 4 saturated carbocycles. The van der Waals surface area contributed by atoms with E-state index in [9.17, 15) is 5.11 Å². The third-order valence-corrected chi connectivity index (χ3v) is 9.67. The number of aliphatic hydroxyl groups excluding tert-OH is 1. The van der Waals surface area contributed by atoms with Gasteiger partial charge >= 0.3 is 0 Å². The topological polar surface area (TPSA) is 20.2 Å². The minimum absolute atomic E-state index is 0.0724. The van der Waals surface area contributed by atoms with Crippen LogP contribution < -0.4 is 0 Å². The second-order valence-corrected chi connectivity index (χ2v) is 11.7. The fraction of sp³-hybridized carbons (Fsp3) is 0.852. The zero-order valence-electron chi connectivity index (χ0n) is 19.0. The Morgan fingerprint density at radius 3 is 2.57 bits per heavy atom. The average Bonchev–Trinajstić information content (AvgIpc) is 3.14. The third-order valence-electron chi connectivity index (χ3n) is 9.67. The summed E-state index contributed by atoms with van der Waals surface area (Å²) in [7, 11) is 0. The molecule has 0 aromatic rings. The highest BCUT2D eigenvalue weighted by atomic mass is 16.3. The van der Waals surface area contributed by atoms with Crippen molar-refractivity contribution in [3.63, 3.8) is 0 Å². The monoisotopic (exact) mass is 384 g/mol. The Labute approximate surface area is 174 Å². The van der Waals surface area contributed by atoms with Gasteiger partial charge in [0.15, 0.2) is 0 Å². The first-order chi connectivity index (χ1) is 13.3. The smallest absolute Gasteiger partial charge is 0.0819 e. The normalized spacial score (nSPS) is 43.3. The minimum atomic E-state index is -0.271. The molecule has 0 amide bonds. The zero-order valence-corrected chi connectivity index (χ0v) is 19.0. The van der Waals surface area contributed by atoms with Crippen LogP contribution in [0, 0.1) is 40.4 Å². The van der Waals surface area contributed by atoms with Crippen LogP contribution >= 0.6 is 0 Å². The van der Waals surface area contributed by atoms with Crippen LogP contribution in [-0.2, 0) is 0 Å². The van der Waals surface area contributed by atoms with E-state index in [-0.39, 0.29) is 11.5 Å². The lowest BCUT2D eigenvalue weighted by Crippen LogP contribution is -2.36. The number of hydrogen-bond acceptors (Lipinski definition) is 1. The molecule has 28 heavy (non-hydrogen) atoms. The molecule has 0 aromatic carbocycles. The Kier molecular flexibility index (Phi) is 5.62. The Hall–Kier alpha value is -0.560. The van der Waals surface area contributed by atoms with Gasteiger partial charge in [0.05, 0.1) is 6.10 Å². The van der Waals surface area contributed by atoms with E-state index in [1.165, 1.54) is 69.8 Å². The molecule has 0 saturated heterocycles. The first-order valence-corrected chi connectivity index (χ1v) is 12.4. The summed E-state index contributed by atoms with van der Waals surface area (Å²) in [5.41, 5.74) is 3.48. The van der Waals surface area contributed by atoms with Crippen LogP contribution in [0.15, 0.2) is 23.8 Å². The van der Waals surface area contributed by atoms with Crippen molar-refractivity contribution in [3.8, 4) is 0 Å².